The van der Waals surface area contributed by atoms with Crippen LogP contribution >= 0.6 is 34.8 Å². The lowest BCUT2D eigenvalue weighted by molar-refractivity contribution is -0.114. The number of rotatable bonds is 4. The zero-order chi connectivity index (χ0) is 15.4. The molecule has 21 heavy (non-hydrogen) atoms. The quantitative estimate of drug-likeness (QED) is 0.777. The van der Waals surface area contributed by atoms with Crippen LogP contribution in [0.2, 0.25) is 15.1 Å². The van der Waals surface area contributed by atoms with E-state index in [9.17, 15) is 9.18 Å². The first-order chi connectivity index (χ1) is 9.95. The Labute approximate surface area is 136 Å². The van der Waals surface area contributed by atoms with Crippen molar-refractivity contribution in [2.45, 2.75) is 0 Å². The molecule has 0 radical (unpaired) electrons. The fraction of sp³-hybridized carbons (Fsp3) is 0.0714. The number of amides is 1. The van der Waals surface area contributed by atoms with Gasteiger partial charge in [-0.3, -0.25) is 4.79 Å². The van der Waals surface area contributed by atoms with Crippen molar-refractivity contribution in [1.29, 1.82) is 0 Å². The van der Waals surface area contributed by atoms with E-state index >= 15 is 0 Å². The average Bonchev–Trinajstić information content (AvgIpc) is 2.45. The molecule has 110 valence electrons. The number of halogens is 4. The van der Waals surface area contributed by atoms with Crippen LogP contribution in [0.15, 0.2) is 36.4 Å². The molecule has 0 bridgehead atoms. The summed E-state index contributed by atoms with van der Waals surface area (Å²) in [6.45, 7) is -0.0130. The Hall–Kier alpha value is -1.49. The van der Waals surface area contributed by atoms with Crippen LogP contribution in [-0.4, -0.2) is 12.5 Å². The summed E-state index contributed by atoms with van der Waals surface area (Å²) in [5.74, 6) is -0.955. The SMILES string of the molecule is O=C(CNc1cc(Cl)c(F)c(Cl)c1)Nc1ccc(Cl)cc1. The molecule has 0 aliphatic heterocycles. The summed E-state index contributed by atoms with van der Waals surface area (Å²) in [6.07, 6.45) is 0. The van der Waals surface area contributed by atoms with Crippen LogP contribution < -0.4 is 10.6 Å². The molecule has 0 aromatic heterocycles. The van der Waals surface area contributed by atoms with Crippen molar-refractivity contribution in [1.82, 2.24) is 0 Å². The predicted molar refractivity (Wildman–Crippen MR) is 85.0 cm³/mol. The van der Waals surface area contributed by atoms with Gasteiger partial charge in [-0.05, 0) is 36.4 Å². The molecule has 7 heteroatoms. The van der Waals surface area contributed by atoms with E-state index in [1.165, 1.54) is 12.1 Å². The van der Waals surface area contributed by atoms with Crippen molar-refractivity contribution in [3.8, 4) is 0 Å². The van der Waals surface area contributed by atoms with Gasteiger partial charge in [0.1, 0.15) is 0 Å². The van der Waals surface area contributed by atoms with E-state index in [4.69, 9.17) is 34.8 Å². The van der Waals surface area contributed by atoms with Crippen molar-refractivity contribution >= 4 is 52.1 Å². The Balaban J connectivity index is 1.93. The molecule has 0 aliphatic rings. The molecule has 0 unspecified atom stereocenters. The van der Waals surface area contributed by atoms with Gasteiger partial charge in [-0.2, -0.15) is 0 Å². The van der Waals surface area contributed by atoms with E-state index in [0.717, 1.165) is 0 Å². The van der Waals surface area contributed by atoms with E-state index in [0.29, 0.717) is 16.4 Å². The third-order valence-electron chi connectivity index (χ3n) is 2.56. The molecule has 0 saturated carbocycles. The number of carbonyl (C=O) groups excluding carboxylic acids is 1. The minimum absolute atomic E-state index is 0.0130. The molecule has 0 saturated heterocycles. The van der Waals surface area contributed by atoms with Gasteiger partial charge in [0, 0.05) is 16.4 Å². The average molecular weight is 348 g/mol. The topological polar surface area (TPSA) is 41.1 Å². The standard InChI is InChI=1S/C14H10Cl3FN2O/c15-8-1-3-9(4-2-8)20-13(21)7-19-10-5-11(16)14(18)12(17)6-10/h1-6,19H,7H2,(H,20,21). The molecule has 0 atom stereocenters. The molecule has 2 aromatic carbocycles. The van der Waals surface area contributed by atoms with Gasteiger partial charge in [-0.25, -0.2) is 4.39 Å². The van der Waals surface area contributed by atoms with Crippen LogP contribution in [0.3, 0.4) is 0 Å². The molecule has 3 nitrogen and oxygen atoms in total. The number of hydrogen-bond acceptors (Lipinski definition) is 2. The van der Waals surface area contributed by atoms with Crippen molar-refractivity contribution in [2.24, 2.45) is 0 Å². The third kappa shape index (κ3) is 4.49. The van der Waals surface area contributed by atoms with E-state index in [1.54, 1.807) is 24.3 Å². The van der Waals surface area contributed by atoms with Gasteiger partial charge in [-0.15, -0.1) is 0 Å². The first-order valence-electron chi connectivity index (χ1n) is 5.89. The fourth-order valence-electron chi connectivity index (χ4n) is 1.58. The fourth-order valence-corrected chi connectivity index (χ4v) is 2.19. The lowest BCUT2D eigenvalue weighted by atomic mass is 10.3. The molecule has 0 heterocycles. The highest BCUT2D eigenvalue weighted by atomic mass is 35.5. The number of nitrogens with one attached hydrogen (secondary N) is 2. The van der Waals surface area contributed by atoms with Gasteiger partial charge >= 0.3 is 0 Å². The zero-order valence-electron chi connectivity index (χ0n) is 10.6. The molecule has 2 rings (SSSR count). The maximum atomic E-state index is 13.2. The summed E-state index contributed by atoms with van der Waals surface area (Å²) < 4.78 is 13.2. The molecule has 0 spiro atoms. The van der Waals surface area contributed by atoms with Crippen LogP contribution in [0.5, 0.6) is 0 Å². The number of carbonyl (C=O) groups is 1. The summed E-state index contributed by atoms with van der Waals surface area (Å²) >= 11 is 17.1. The summed E-state index contributed by atoms with van der Waals surface area (Å²) in [5.41, 5.74) is 1.08. The third-order valence-corrected chi connectivity index (χ3v) is 3.37. The largest absolute Gasteiger partial charge is 0.376 e. The minimum atomic E-state index is -0.686. The summed E-state index contributed by atoms with van der Waals surface area (Å²) in [4.78, 5) is 11.8. The summed E-state index contributed by atoms with van der Waals surface area (Å²) in [5, 5.41) is 5.86. The maximum absolute atomic E-state index is 13.2. The van der Waals surface area contributed by atoms with Crippen LogP contribution in [0.4, 0.5) is 15.8 Å². The first-order valence-corrected chi connectivity index (χ1v) is 7.03. The highest BCUT2D eigenvalue weighted by Gasteiger charge is 2.08. The predicted octanol–water partition coefficient (Wildman–Crippen LogP) is 4.84. The van der Waals surface area contributed by atoms with Gasteiger partial charge in [0.15, 0.2) is 5.82 Å². The highest BCUT2D eigenvalue weighted by molar-refractivity contribution is 6.35. The first kappa shape index (κ1) is 15.9. The molecular formula is C14H10Cl3FN2O. The zero-order valence-corrected chi connectivity index (χ0v) is 12.9. The Morgan fingerprint density at radius 1 is 1.00 bits per heavy atom. The van der Waals surface area contributed by atoms with Gasteiger partial charge in [0.2, 0.25) is 5.91 Å². The Morgan fingerprint density at radius 2 is 1.57 bits per heavy atom. The lowest BCUT2D eigenvalue weighted by Gasteiger charge is -2.09. The van der Waals surface area contributed by atoms with Gasteiger partial charge in [0.05, 0.1) is 16.6 Å². The van der Waals surface area contributed by atoms with Gasteiger partial charge in [-0.1, -0.05) is 34.8 Å². The summed E-state index contributed by atoms with van der Waals surface area (Å²) in [6, 6.07) is 9.43. The maximum Gasteiger partial charge on any atom is 0.243 e. The van der Waals surface area contributed by atoms with E-state index in [-0.39, 0.29) is 22.5 Å². The van der Waals surface area contributed by atoms with E-state index in [2.05, 4.69) is 10.6 Å². The molecule has 1 amide bonds. The van der Waals surface area contributed by atoms with Crippen LogP contribution in [0.25, 0.3) is 0 Å². The molecular weight excluding hydrogens is 338 g/mol. The number of benzene rings is 2. The molecule has 2 N–H and O–H groups in total. The van der Waals surface area contributed by atoms with E-state index < -0.39 is 5.82 Å². The molecule has 0 aliphatic carbocycles. The van der Waals surface area contributed by atoms with Crippen molar-refractivity contribution in [3.05, 3.63) is 57.3 Å². The van der Waals surface area contributed by atoms with Crippen LogP contribution in [-0.2, 0) is 4.79 Å². The van der Waals surface area contributed by atoms with Gasteiger partial charge in [0.25, 0.3) is 0 Å². The van der Waals surface area contributed by atoms with Gasteiger partial charge < -0.3 is 10.6 Å². The highest BCUT2D eigenvalue weighted by Crippen LogP contribution is 2.27. The Morgan fingerprint density at radius 3 is 2.14 bits per heavy atom. The molecule has 2 aromatic rings. The monoisotopic (exact) mass is 346 g/mol. The van der Waals surface area contributed by atoms with Crippen LogP contribution in [0, 0.1) is 5.82 Å². The summed E-state index contributed by atoms with van der Waals surface area (Å²) in [7, 11) is 0. The Kier molecular flexibility index (Phi) is 5.28. The minimum Gasteiger partial charge on any atom is -0.376 e. The normalized spacial score (nSPS) is 10.3. The van der Waals surface area contributed by atoms with Crippen molar-refractivity contribution in [3.63, 3.8) is 0 Å². The molecule has 0 fully saturated rings. The Bertz CT molecular complexity index is 639. The smallest absolute Gasteiger partial charge is 0.243 e. The van der Waals surface area contributed by atoms with E-state index in [1.807, 2.05) is 0 Å². The van der Waals surface area contributed by atoms with Crippen molar-refractivity contribution < 1.29 is 9.18 Å². The van der Waals surface area contributed by atoms with Crippen LogP contribution in [0.1, 0.15) is 0 Å². The second-order valence-electron chi connectivity index (χ2n) is 4.16. The number of anilines is 2. The van der Waals surface area contributed by atoms with Crippen molar-refractivity contribution in [2.75, 3.05) is 17.2 Å². The lowest BCUT2D eigenvalue weighted by Crippen LogP contribution is -2.21. The number of hydrogen-bond donors (Lipinski definition) is 2. The second kappa shape index (κ2) is 6.98. The second-order valence-corrected chi connectivity index (χ2v) is 5.41.